The number of nitro benzene ring substituents is 2. The van der Waals surface area contributed by atoms with Crippen molar-refractivity contribution in [2.75, 3.05) is 4.90 Å². The van der Waals surface area contributed by atoms with Crippen LogP contribution >= 0.6 is 0 Å². The molecule has 1 aliphatic heterocycles. The van der Waals surface area contributed by atoms with Crippen molar-refractivity contribution in [1.82, 2.24) is 14.8 Å². The molecule has 1 aromatic heterocycles. The van der Waals surface area contributed by atoms with E-state index in [1.54, 1.807) is 0 Å². The summed E-state index contributed by atoms with van der Waals surface area (Å²) >= 11 is 0. The highest BCUT2D eigenvalue weighted by atomic mass is 16.6. The topological polar surface area (TPSA) is 189 Å². The van der Waals surface area contributed by atoms with Gasteiger partial charge in [-0.15, -0.1) is 5.10 Å². The van der Waals surface area contributed by atoms with E-state index in [2.05, 4.69) is 10.1 Å². The van der Waals surface area contributed by atoms with E-state index in [1.165, 1.54) is 61.5 Å². The van der Waals surface area contributed by atoms with Gasteiger partial charge < -0.3 is 0 Å². The zero-order valence-electron chi connectivity index (χ0n) is 25.3. The molecule has 0 fully saturated rings. The summed E-state index contributed by atoms with van der Waals surface area (Å²) in [6.07, 6.45) is 3.75. The minimum absolute atomic E-state index is 0.00746. The van der Waals surface area contributed by atoms with E-state index < -0.39 is 39.3 Å². The van der Waals surface area contributed by atoms with Crippen molar-refractivity contribution in [3.63, 3.8) is 0 Å². The molecule has 4 aromatic carbocycles. The Labute approximate surface area is 265 Å². The molecule has 2 amide bonds. The predicted molar refractivity (Wildman–Crippen MR) is 170 cm³/mol. The molecule has 14 heteroatoms. The van der Waals surface area contributed by atoms with Crippen LogP contribution in [0.15, 0.2) is 60.7 Å². The zero-order chi connectivity index (χ0) is 33.6. The molecule has 0 atom stereocenters. The third-order valence-corrected chi connectivity index (χ3v) is 8.19. The Hall–Kier alpha value is -6.18. The number of aromatic nitrogens is 3. The lowest BCUT2D eigenvalue weighted by Crippen LogP contribution is -2.43. The fourth-order valence-corrected chi connectivity index (χ4v) is 6.00. The summed E-state index contributed by atoms with van der Waals surface area (Å²) < 4.78 is 0.805. The smallest absolute Gasteiger partial charge is 0.282 e. The van der Waals surface area contributed by atoms with Gasteiger partial charge in [0, 0.05) is 46.0 Å². The number of amides is 2. The van der Waals surface area contributed by atoms with Crippen LogP contribution in [0.4, 0.5) is 17.3 Å². The van der Waals surface area contributed by atoms with Gasteiger partial charge in [0.2, 0.25) is 5.95 Å². The Morgan fingerprint density at radius 1 is 0.766 bits per heavy atom. The number of nitro groups is 2. The van der Waals surface area contributed by atoms with Gasteiger partial charge in [0.1, 0.15) is 0 Å². The molecule has 236 valence electrons. The number of non-ortho nitro benzene ring substituents is 2. The van der Waals surface area contributed by atoms with Gasteiger partial charge in [-0.25, -0.2) is 4.90 Å². The van der Waals surface area contributed by atoms with Crippen molar-refractivity contribution in [3.05, 3.63) is 109 Å². The molecule has 2 heterocycles. The first-order valence-electron chi connectivity index (χ1n) is 14.9. The van der Waals surface area contributed by atoms with Gasteiger partial charge in [0.15, 0.2) is 11.6 Å². The second-order valence-electron chi connectivity index (χ2n) is 11.1. The number of rotatable bonds is 10. The molecule has 0 saturated carbocycles. The number of nitrogens with zero attached hydrogens (tertiary/aromatic N) is 6. The molecule has 1 aliphatic rings. The van der Waals surface area contributed by atoms with Gasteiger partial charge in [0.25, 0.3) is 29.1 Å². The average Bonchev–Trinajstić information content (AvgIpc) is 3.47. The number of benzene rings is 4. The molecule has 0 spiro atoms. The third kappa shape index (κ3) is 5.09. The Kier molecular flexibility index (Phi) is 7.85. The summed E-state index contributed by atoms with van der Waals surface area (Å²) in [7, 11) is 0. The molecular formula is C33H26N6O8. The van der Waals surface area contributed by atoms with Crippen LogP contribution in [-0.2, 0) is 6.42 Å². The molecular weight excluding hydrogens is 608 g/mol. The van der Waals surface area contributed by atoms with Crippen molar-refractivity contribution in [3.8, 4) is 0 Å². The largest absolute Gasteiger partial charge is 0.294 e. The number of fused-ring (bicyclic) bond motifs is 1. The van der Waals surface area contributed by atoms with Crippen molar-refractivity contribution in [1.29, 1.82) is 0 Å². The Morgan fingerprint density at radius 2 is 1.38 bits per heavy atom. The van der Waals surface area contributed by atoms with E-state index >= 15 is 0 Å². The van der Waals surface area contributed by atoms with Gasteiger partial charge in [-0.1, -0.05) is 44.4 Å². The molecule has 14 nitrogen and oxygen atoms in total. The highest BCUT2D eigenvalue weighted by Gasteiger charge is 2.40. The fourth-order valence-electron chi connectivity index (χ4n) is 6.00. The van der Waals surface area contributed by atoms with Crippen molar-refractivity contribution < 1.29 is 29.0 Å². The third-order valence-electron chi connectivity index (χ3n) is 8.19. The predicted octanol–water partition coefficient (Wildman–Crippen LogP) is 6.22. The summed E-state index contributed by atoms with van der Waals surface area (Å²) in [5, 5.41) is 28.2. The summed E-state index contributed by atoms with van der Waals surface area (Å²) in [5.41, 5.74) is -0.689. The van der Waals surface area contributed by atoms with Crippen LogP contribution < -0.4 is 4.90 Å². The number of Topliss-reactive ketones (excluding diaryl/α,β-unsaturated/α-hetero) is 1. The summed E-state index contributed by atoms with van der Waals surface area (Å²) in [5.74, 6) is -3.30. The number of anilines is 1. The molecule has 47 heavy (non-hydrogen) atoms. The van der Waals surface area contributed by atoms with E-state index in [1.807, 2.05) is 6.92 Å². The number of unbranched alkanes of at least 4 members (excludes halogenated alkanes) is 3. The summed E-state index contributed by atoms with van der Waals surface area (Å²) in [6.45, 7) is 3.32. The molecule has 0 unspecified atom stereocenters. The van der Waals surface area contributed by atoms with E-state index in [0.717, 1.165) is 30.0 Å². The van der Waals surface area contributed by atoms with Crippen LogP contribution in [0.1, 0.15) is 86.8 Å². The molecule has 6 rings (SSSR count). The van der Waals surface area contributed by atoms with Crippen molar-refractivity contribution >= 4 is 62.4 Å². The number of ketones is 1. The number of hydrogen-bond acceptors (Lipinski definition) is 10. The van der Waals surface area contributed by atoms with E-state index in [9.17, 15) is 39.4 Å². The summed E-state index contributed by atoms with van der Waals surface area (Å²) in [6, 6.07) is 13.5. The van der Waals surface area contributed by atoms with Crippen LogP contribution in [0.3, 0.4) is 0 Å². The van der Waals surface area contributed by atoms with Crippen molar-refractivity contribution in [2.24, 2.45) is 0 Å². The normalized spacial score (nSPS) is 12.6. The van der Waals surface area contributed by atoms with Gasteiger partial charge in [-0.05, 0) is 43.7 Å². The molecule has 0 N–H and O–H groups in total. The Morgan fingerprint density at radius 3 is 2.02 bits per heavy atom. The maximum atomic E-state index is 14.4. The van der Waals surface area contributed by atoms with E-state index in [4.69, 9.17) is 0 Å². The maximum absolute atomic E-state index is 14.4. The highest BCUT2D eigenvalue weighted by molar-refractivity contribution is 6.36. The first-order valence-corrected chi connectivity index (χ1v) is 14.9. The van der Waals surface area contributed by atoms with Gasteiger partial charge in [-0.3, -0.25) is 39.4 Å². The number of carbonyl (C=O) groups is 4. The van der Waals surface area contributed by atoms with Crippen LogP contribution in [0.25, 0.3) is 21.5 Å². The van der Waals surface area contributed by atoms with E-state index in [-0.39, 0.29) is 61.0 Å². The first kappa shape index (κ1) is 30.8. The highest BCUT2D eigenvalue weighted by Crippen LogP contribution is 2.37. The number of imide groups is 1. The average molecular weight is 635 g/mol. The number of aryl methyl sites for hydroxylation is 1. The molecule has 5 aromatic rings. The van der Waals surface area contributed by atoms with Crippen LogP contribution in [0.2, 0.25) is 0 Å². The molecule has 0 bridgehead atoms. The molecule has 0 saturated heterocycles. The van der Waals surface area contributed by atoms with Gasteiger partial charge in [-0.2, -0.15) is 9.67 Å². The van der Waals surface area contributed by atoms with Crippen molar-refractivity contribution in [2.45, 2.75) is 46.0 Å². The Balaban J connectivity index is 1.55. The maximum Gasteiger partial charge on any atom is 0.282 e. The lowest BCUT2D eigenvalue weighted by atomic mass is 9.93. The van der Waals surface area contributed by atoms with Crippen LogP contribution in [0, 0.1) is 20.2 Å². The Bertz CT molecular complexity index is 2180. The minimum Gasteiger partial charge on any atom is -0.294 e. The second-order valence-corrected chi connectivity index (χ2v) is 11.1. The zero-order valence-corrected chi connectivity index (χ0v) is 25.3. The lowest BCUT2D eigenvalue weighted by molar-refractivity contribution is -0.383. The fraction of sp³-hybridized carbons (Fsp3) is 0.212. The second kappa shape index (κ2) is 12.0. The standard InChI is InChI=1S/C33H26N6O8/c1-3-4-5-6-13-27-34-33(36-30(41)22-12-8-11-21-26(39(46)47)16-14-23(29(21)22)31(36)42)37(35-27)32(43)24-15-17-25(38(44)45)20-10-7-9-19(18(2)40)28(20)24/h7-12,14-17H,3-6,13H2,1-2H3. The van der Waals surface area contributed by atoms with E-state index in [0.29, 0.717) is 17.7 Å². The quantitative estimate of drug-likeness (QED) is 0.0561. The number of hydrogen-bond donors (Lipinski definition) is 0. The monoisotopic (exact) mass is 634 g/mol. The molecule has 0 aliphatic carbocycles. The van der Waals surface area contributed by atoms with Crippen LogP contribution in [0.5, 0.6) is 0 Å². The SMILES string of the molecule is CCCCCCc1nc(N2C(=O)c3cccc4c([N+](=O)[O-])ccc(c34)C2=O)n(C(=O)c2ccc([N+](=O)[O-])c3cccc(C(C)=O)c23)n1. The summed E-state index contributed by atoms with van der Waals surface area (Å²) in [4.78, 5) is 82.6. The van der Waals surface area contributed by atoms with Gasteiger partial charge >= 0.3 is 0 Å². The van der Waals surface area contributed by atoms with Gasteiger partial charge in [0.05, 0.1) is 26.2 Å². The number of carbonyl (C=O) groups excluding carboxylic acids is 4. The minimum atomic E-state index is -0.880. The lowest BCUT2D eigenvalue weighted by Gasteiger charge is -2.26. The van der Waals surface area contributed by atoms with Crippen LogP contribution in [-0.4, -0.2) is 48.1 Å². The first-order chi connectivity index (χ1) is 22.5. The molecule has 0 radical (unpaired) electrons.